The zero-order valence-corrected chi connectivity index (χ0v) is 14.8. The van der Waals surface area contributed by atoms with E-state index in [-0.39, 0.29) is 24.1 Å². The second-order valence-electron chi connectivity index (χ2n) is 6.31. The molecule has 0 fully saturated rings. The third-order valence-corrected chi connectivity index (χ3v) is 4.29. The Balaban J connectivity index is 2.58. The van der Waals surface area contributed by atoms with E-state index < -0.39 is 11.6 Å². The maximum Gasteiger partial charge on any atom is 0.268 e. The molecule has 0 aliphatic carbocycles. The SMILES string of the molecule is CCc1c(C)c(C(=O)NC(C)C)n(Cc2c(F)cccc2F)c1C. The maximum absolute atomic E-state index is 14.0. The first kappa shape index (κ1) is 18.2. The number of rotatable bonds is 5. The number of nitrogens with zero attached hydrogens (tertiary/aromatic N) is 1. The van der Waals surface area contributed by atoms with Gasteiger partial charge < -0.3 is 9.88 Å². The lowest BCUT2D eigenvalue weighted by atomic mass is 10.1. The lowest BCUT2D eigenvalue weighted by Crippen LogP contribution is -2.32. The minimum absolute atomic E-state index is 0.00791. The van der Waals surface area contributed by atoms with Gasteiger partial charge in [0.15, 0.2) is 0 Å². The summed E-state index contributed by atoms with van der Waals surface area (Å²) in [4.78, 5) is 12.6. The van der Waals surface area contributed by atoms with Gasteiger partial charge in [0.25, 0.3) is 5.91 Å². The topological polar surface area (TPSA) is 34.0 Å². The molecule has 0 bridgehead atoms. The van der Waals surface area contributed by atoms with Gasteiger partial charge in [-0.05, 0) is 57.4 Å². The second kappa shape index (κ2) is 7.16. The average Bonchev–Trinajstić information content (AvgIpc) is 2.72. The first-order valence-electron chi connectivity index (χ1n) is 8.20. The number of nitrogens with one attached hydrogen (secondary N) is 1. The molecular weight excluding hydrogens is 310 g/mol. The molecule has 0 radical (unpaired) electrons. The van der Waals surface area contributed by atoms with Crippen LogP contribution in [0.15, 0.2) is 18.2 Å². The number of aromatic nitrogens is 1. The summed E-state index contributed by atoms with van der Waals surface area (Å²) in [6.07, 6.45) is 0.756. The molecule has 1 amide bonds. The van der Waals surface area contributed by atoms with E-state index in [1.165, 1.54) is 18.2 Å². The summed E-state index contributed by atoms with van der Waals surface area (Å²) >= 11 is 0. The highest BCUT2D eigenvalue weighted by molar-refractivity contribution is 5.95. The summed E-state index contributed by atoms with van der Waals surface area (Å²) in [5.74, 6) is -1.43. The Morgan fingerprint density at radius 3 is 2.25 bits per heavy atom. The Morgan fingerprint density at radius 2 is 1.75 bits per heavy atom. The highest BCUT2D eigenvalue weighted by Crippen LogP contribution is 2.25. The molecule has 1 aromatic carbocycles. The minimum atomic E-state index is -0.603. The Bertz CT molecular complexity index is 743. The van der Waals surface area contributed by atoms with E-state index in [2.05, 4.69) is 5.32 Å². The first-order valence-corrected chi connectivity index (χ1v) is 8.20. The van der Waals surface area contributed by atoms with Crippen molar-refractivity contribution in [2.24, 2.45) is 0 Å². The first-order chi connectivity index (χ1) is 11.3. The lowest BCUT2D eigenvalue weighted by Gasteiger charge is -2.15. The number of carbonyl (C=O) groups excluding carboxylic acids is 1. The van der Waals surface area contributed by atoms with E-state index in [0.29, 0.717) is 5.69 Å². The van der Waals surface area contributed by atoms with Gasteiger partial charge in [-0.3, -0.25) is 4.79 Å². The Hall–Kier alpha value is -2.17. The minimum Gasteiger partial charge on any atom is -0.349 e. The highest BCUT2D eigenvalue weighted by atomic mass is 19.1. The highest BCUT2D eigenvalue weighted by Gasteiger charge is 2.23. The van der Waals surface area contributed by atoms with Crippen molar-refractivity contribution in [1.29, 1.82) is 0 Å². The monoisotopic (exact) mass is 334 g/mol. The fourth-order valence-electron chi connectivity index (χ4n) is 3.13. The molecule has 0 spiro atoms. The largest absolute Gasteiger partial charge is 0.349 e. The van der Waals surface area contributed by atoms with Gasteiger partial charge in [-0.2, -0.15) is 0 Å². The standard InChI is InChI=1S/C19H24F2N2O/c1-6-14-12(4)18(19(24)22-11(2)3)23(13(14)5)10-15-16(20)8-7-9-17(15)21/h7-9,11H,6,10H2,1-5H3,(H,22,24). The summed E-state index contributed by atoms with van der Waals surface area (Å²) in [7, 11) is 0. The third-order valence-electron chi connectivity index (χ3n) is 4.29. The fraction of sp³-hybridized carbons (Fsp3) is 0.421. The predicted octanol–water partition coefficient (Wildman–Crippen LogP) is 4.13. The fourth-order valence-corrected chi connectivity index (χ4v) is 3.13. The van der Waals surface area contributed by atoms with E-state index in [0.717, 1.165) is 23.2 Å². The molecule has 1 heterocycles. The Labute approximate surface area is 141 Å². The molecule has 5 heteroatoms. The van der Waals surface area contributed by atoms with Gasteiger partial charge in [-0.25, -0.2) is 8.78 Å². The number of halogens is 2. The van der Waals surface area contributed by atoms with Crippen LogP contribution in [0.2, 0.25) is 0 Å². The smallest absolute Gasteiger partial charge is 0.268 e. The number of hydrogen-bond acceptors (Lipinski definition) is 1. The van der Waals surface area contributed by atoms with E-state index in [1.54, 1.807) is 4.57 Å². The van der Waals surface area contributed by atoms with Crippen molar-refractivity contribution in [2.45, 2.75) is 53.6 Å². The predicted molar refractivity (Wildman–Crippen MR) is 91.3 cm³/mol. The molecule has 1 N–H and O–H groups in total. The van der Waals surface area contributed by atoms with Crippen molar-refractivity contribution in [1.82, 2.24) is 9.88 Å². The van der Waals surface area contributed by atoms with E-state index in [1.807, 2.05) is 34.6 Å². The third kappa shape index (κ3) is 3.35. The molecule has 0 aliphatic heterocycles. The number of benzene rings is 1. The molecule has 0 saturated heterocycles. The molecule has 24 heavy (non-hydrogen) atoms. The van der Waals surface area contributed by atoms with Crippen LogP contribution in [0.1, 0.15) is 53.6 Å². The summed E-state index contributed by atoms with van der Waals surface area (Å²) < 4.78 is 29.8. The maximum atomic E-state index is 14.0. The molecule has 2 aromatic rings. The van der Waals surface area contributed by atoms with Gasteiger partial charge in [0, 0.05) is 17.3 Å². The van der Waals surface area contributed by atoms with Gasteiger partial charge in [0.05, 0.1) is 6.54 Å². The van der Waals surface area contributed by atoms with Crippen molar-refractivity contribution in [3.05, 3.63) is 57.9 Å². The number of amides is 1. The van der Waals surface area contributed by atoms with E-state index in [9.17, 15) is 13.6 Å². The zero-order valence-electron chi connectivity index (χ0n) is 14.8. The van der Waals surface area contributed by atoms with Gasteiger partial charge in [0.1, 0.15) is 17.3 Å². The summed E-state index contributed by atoms with van der Waals surface area (Å²) in [5, 5.41) is 2.87. The van der Waals surface area contributed by atoms with E-state index >= 15 is 0 Å². The van der Waals surface area contributed by atoms with Gasteiger partial charge in [-0.15, -0.1) is 0 Å². The summed E-state index contributed by atoms with van der Waals surface area (Å²) in [6.45, 7) is 9.53. The Morgan fingerprint density at radius 1 is 1.17 bits per heavy atom. The average molecular weight is 334 g/mol. The number of carbonyl (C=O) groups is 1. The van der Waals surface area contributed by atoms with Gasteiger partial charge in [-0.1, -0.05) is 13.0 Å². The Kier molecular flexibility index (Phi) is 5.42. The lowest BCUT2D eigenvalue weighted by molar-refractivity contribution is 0.0933. The molecule has 0 atom stereocenters. The van der Waals surface area contributed by atoms with Crippen LogP contribution in [-0.2, 0) is 13.0 Å². The normalized spacial score (nSPS) is 11.2. The van der Waals surface area contributed by atoms with Crippen LogP contribution in [0.5, 0.6) is 0 Å². The van der Waals surface area contributed by atoms with Crippen LogP contribution in [0.25, 0.3) is 0 Å². The van der Waals surface area contributed by atoms with Crippen LogP contribution in [-0.4, -0.2) is 16.5 Å². The summed E-state index contributed by atoms with van der Waals surface area (Å²) in [6, 6.07) is 3.79. The molecule has 2 rings (SSSR count). The van der Waals surface area contributed by atoms with Crippen molar-refractivity contribution >= 4 is 5.91 Å². The van der Waals surface area contributed by atoms with Crippen LogP contribution in [0.3, 0.4) is 0 Å². The number of hydrogen-bond donors (Lipinski definition) is 1. The molecule has 0 unspecified atom stereocenters. The zero-order chi connectivity index (χ0) is 18.0. The van der Waals surface area contributed by atoms with Crippen LogP contribution in [0.4, 0.5) is 8.78 Å². The summed E-state index contributed by atoms with van der Waals surface area (Å²) in [5.41, 5.74) is 3.22. The molecule has 1 aromatic heterocycles. The molecule has 0 saturated carbocycles. The van der Waals surface area contributed by atoms with Gasteiger partial charge in [0.2, 0.25) is 0 Å². The van der Waals surface area contributed by atoms with E-state index in [4.69, 9.17) is 0 Å². The quantitative estimate of drug-likeness (QED) is 0.876. The molecule has 130 valence electrons. The molecular formula is C19H24F2N2O. The molecule has 0 aliphatic rings. The van der Waals surface area contributed by atoms with Crippen molar-refractivity contribution in [2.75, 3.05) is 0 Å². The van der Waals surface area contributed by atoms with Crippen molar-refractivity contribution < 1.29 is 13.6 Å². The van der Waals surface area contributed by atoms with Crippen LogP contribution in [0, 0.1) is 25.5 Å². The van der Waals surface area contributed by atoms with Crippen molar-refractivity contribution in [3.8, 4) is 0 Å². The second-order valence-corrected chi connectivity index (χ2v) is 6.31. The van der Waals surface area contributed by atoms with Gasteiger partial charge >= 0.3 is 0 Å². The molecule has 3 nitrogen and oxygen atoms in total. The van der Waals surface area contributed by atoms with Crippen LogP contribution < -0.4 is 5.32 Å². The van der Waals surface area contributed by atoms with Crippen LogP contribution >= 0.6 is 0 Å². The van der Waals surface area contributed by atoms with Crippen molar-refractivity contribution in [3.63, 3.8) is 0 Å².